The van der Waals surface area contributed by atoms with Crippen molar-refractivity contribution in [1.29, 1.82) is 0 Å². The van der Waals surface area contributed by atoms with Gasteiger partial charge in [-0.1, -0.05) is 24.3 Å². The molecule has 0 aliphatic carbocycles. The molecule has 188 valence electrons. The van der Waals surface area contributed by atoms with Gasteiger partial charge in [0.15, 0.2) is 0 Å². The Labute approximate surface area is 213 Å². The number of aryl methyl sites for hydroxylation is 1. The Balaban J connectivity index is 1.59. The van der Waals surface area contributed by atoms with Crippen molar-refractivity contribution in [3.05, 3.63) is 71.8 Å². The standard InChI is InChI=1S/C28H34BN3O4/c1-18-23(19-10-9-11-21(14-19)29-35-27(4,5)28(6,7)36-29)16-22(17-31-18)32-25(33)20-12-13-30-24(15-20)26(2,3)34-8/h9-17H,1-8H3,(H,32,33). The fourth-order valence-corrected chi connectivity index (χ4v) is 3.93. The first-order valence-electron chi connectivity index (χ1n) is 12.1. The van der Waals surface area contributed by atoms with Gasteiger partial charge in [-0.05, 0) is 77.7 Å². The maximum atomic E-state index is 13.0. The third-order valence-corrected chi connectivity index (χ3v) is 7.22. The quantitative estimate of drug-likeness (QED) is 0.499. The van der Waals surface area contributed by atoms with Gasteiger partial charge in [-0.3, -0.25) is 14.8 Å². The first-order valence-corrected chi connectivity index (χ1v) is 12.1. The highest BCUT2D eigenvalue weighted by Gasteiger charge is 2.51. The molecule has 0 atom stereocenters. The molecule has 8 heteroatoms. The molecule has 4 rings (SSSR count). The van der Waals surface area contributed by atoms with Gasteiger partial charge in [-0.2, -0.15) is 0 Å². The van der Waals surface area contributed by atoms with Gasteiger partial charge < -0.3 is 19.4 Å². The highest BCUT2D eigenvalue weighted by atomic mass is 16.7. The lowest BCUT2D eigenvalue weighted by Crippen LogP contribution is -2.41. The molecule has 3 aromatic rings. The molecule has 1 aliphatic rings. The predicted octanol–water partition coefficient (Wildman–Crippen LogP) is 4.89. The number of amides is 1. The van der Waals surface area contributed by atoms with Crippen molar-refractivity contribution in [2.24, 2.45) is 0 Å². The Morgan fingerprint density at radius 1 is 1.03 bits per heavy atom. The SMILES string of the molecule is COC(C)(C)c1cc(C(=O)Nc2cnc(C)c(-c3cccc(B4OC(C)(C)C(C)(C)O4)c3)c2)ccn1. The van der Waals surface area contributed by atoms with Gasteiger partial charge >= 0.3 is 7.12 Å². The molecule has 2 aromatic heterocycles. The van der Waals surface area contributed by atoms with Crippen LogP contribution in [0.15, 0.2) is 54.9 Å². The fraction of sp³-hybridized carbons (Fsp3) is 0.393. The summed E-state index contributed by atoms with van der Waals surface area (Å²) in [5.41, 5.74) is 4.02. The van der Waals surface area contributed by atoms with Crippen LogP contribution in [0.4, 0.5) is 5.69 Å². The molecule has 36 heavy (non-hydrogen) atoms. The van der Waals surface area contributed by atoms with Crippen molar-refractivity contribution in [3.8, 4) is 11.1 Å². The number of hydrogen-bond donors (Lipinski definition) is 1. The van der Waals surface area contributed by atoms with E-state index in [-0.39, 0.29) is 5.91 Å². The molecule has 0 saturated carbocycles. The number of ether oxygens (including phenoxy) is 1. The highest BCUT2D eigenvalue weighted by molar-refractivity contribution is 6.62. The summed E-state index contributed by atoms with van der Waals surface area (Å²) in [6, 6.07) is 13.4. The molecule has 3 heterocycles. The molecule has 1 N–H and O–H groups in total. The summed E-state index contributed by atoms with van der Waals surface area (Å²) in [6.07, 6.45) is 3.28. The van der Waals surface area contributed by atoms with E-state index in [2.05, 4.69) is 21.4 Å². The third kappa shape index (κ3) is 5.07. The Kier molecular flexibility index (Phi) is 6.81. The van der Waals surface area contributed by atoms with Crippen LogP contribution in [0.25, 0.3) is 11.1 Å². The molecule has 0 bridgehead atoms. The molecular formula is C28H34BN3O4. The molecule has 7 nitrogen and oxygen atoms in total. The molecule has 0 spiro atoms. The monoisotopic (exact) mass is 487 g/mol. The van der Waals surface area contributed by atoms with Crippen molar-refractivity contribution in [2.45, 2.75) is 65.3 Å². The Morgan fingerprint density at radius 2 is 1.72 bits per heavy atom. The zero-order valence-electron chi connectivity index (χ0n) is 22.3. The summed E-state index contributed by atoms with van der Waals surface area (Å²) in [7, 11) is 1.17. The summed E-state index contributed by atoms with van der Waals surface area (Å²) in [6.45, 7) is 13.9. The van der Waals surface area contributed by atoms with Gasteiger partial charge in [0, 0.05) is 30.1 Å². The maximum Gasteiger partial charge on any atom is 0.494 e. The van der Waals surface area contributed by atoms with Crippen LogP contribution in [0.2, 0.25) is 0 Å². The van der Waals surface area contributed by atoms with Crippen LogP contribution >= 0.6 is 0 Å². The molecule has 1 aromatic carbocycles. The number of carbonyl (C=O) groups is 1. The summed E-state index contributed by atoms with van der Waals surface area (Å²) < 4.78 is 18.0. The summed E-state index contributed by atoms with van der Waals surface area (Å²) in [5.74, 6) is -0.242. The molecular weight excluding hydrogens is 453 g/mol. The largest absolute Gasteiger partial charge is 0.494 e. The second-order valence-electron chi connectivity index (χ2n) is 10.7. The lowest BCUT2D eigenvalue weighted by Gasteiger charge is -2.32. The summed E-state index contributed by atoms with van der Waals surface area (Å²) >= 11 is 0. The lowest BCUT2D eigenvalue weighted by atomic mass is 9.78. The van der Waals surface area contributed by atoms with Crippen LogP contribution in [0.1, 0.15) is 63.3 Å². The number of pyridine rings is 2. The van der Waals surface area contributed by atoms with E-state index in [9.17, 15) is 4.79 Å². The Morgan fingerprint density at radius 3 is 2.39 bits per heavy atom. The van der Waals surface area contributed by atoms with E-state index in [1.807, 2.05) is 72.7 Å². The van der Waals surface area contributed by atoms with E-state index in [0.717, 1.165) is 22.3 Å². The molecule has 1 aliphatic heterocycles. The molecule has 1 saturated heterocycles. The third-order valence-electron chi connectivity index (χ3n) is 7.22. The number of nitrogens with one attached hydrogen (secondary N) is 1. The minimum atomic E-state index is -0.600. The zero-order chi connectivity index (χ0) is 26.3. The van der Waals surface area contributed by atoms with Gasteiger partial charge in [0.25, 0.3) is 5.91 Å². The van der Waals surface area contributed by atoms with Crippen LogP contribution < -0.4 is 10.8 Å². The van der Waals surface area contributed by atoms with E-state index in [0.29, 0.717) is 16.9 Å². The average Bonchev–Trinajstić information content (AvgIpc) is 3.07. The topological polar surface area (TPSA) is 82.6 Å². The normalized spacial score (nSPS) is 16.7. The zero-order valence-corrected chi connectivity index (χ0v) is 22.3. The van der Waals surface area contributed by atoms with Crippen LogP contribution in [0.5, 0.6) is 0 Å². The first kappa shape index (κ1) is 26.0. The number of aromatic nitrogens is 2. The summed E-state index contributed by atoms with van der Waals surface area (Å²) in [5, 5.41) is 2.96. The Bertz CT molecular complexity index is 1270. The summed E-state index contributed by atoms with van der Waals surface area (Å²) in [4.78, 5) is 21.9. The molecule has 1 fully saturated rings. The minimum absolute atomic E-state index is 0.242. The van der Waals surface area contributed by atoms with Gasteiger partial charge in [-0.25, -0.2) is 0 Å². The van der Waals surface area contributed by atoms with Crippen molar-refractivity contribution in [2.75, 3.05) is 12.4 Å². The van der Waals surface area contributed by atoms with Crippen LogP contribution in [-0.4, -0.2) is 41.3 Å². The van der Waals surface area contributed by atoms with Gasteiger partial charge in [-0.15, -0.1) is 0 Å². The van der Waals surface area contributed by atoms with E-state index in [1.54, 1.807) is 31.6 Å². The smallest absolute Gasteiger partial charge is 0.399 e. The maximum absolute atomic E-state index is 13.0. The number of hydrogen-bond acceptors (Lipinski definition) is 6. The second-order valence-corrected chi connectivity index (χ2v) is 10.7. The lowest BCUT2D eigenvalue weighted by molar-refractivity contribution is 0.00578. The van der Waals surface area contributed by atoms with E-state index in [4.69, 9.17) is 14.0 Å². The van der Waals surface area contributed by atoms with Crippen molar-refractivity contribution < 1.29 is 18.8 Å². The number of nitrogens with zero attached hydrogens (tertiary/aromatic N) is 2. The first-order chi connectivity index (χ1) is 16.8. The van der Waals surface area contributed by atoms with Gasteiger partial charge in [0.1, 0.15) is 5.60 Å². The van der Waals surface area contributed by atoms with Crippen molar-refractivity contribution in [1.82, 2.24) is 9.97 Å². The predicted molar refractivity (Wildman–Crippen MR) is 142 cm³/mol. The Hall–Kier alpha value is -3.07. The minimum Gasteiger partial charge on any atom is -0.399 e. The van der Waals surface area contributed by atoms with Crippen LogP contribution in [0.3, 0.4) is 0 Å². The molecule has 1 amide bonds. The number of carbonyl (C=O) groups excluding carboxylic acids is 1. The number of benzene rings is 1. The van der Waals surface area contributed by atoms with E-state index >= 15 is 0 Å². The van der Waals surface area contributed by atoms with Gasteiger partial charge in [0.2, 0.25) is 0 Å². The van der Waals surface area contributed by atoms with Crippen LogP contribution in [-0.2, 0) is 19.6 Å². The average molecular weight is 487 g/mol. The number of anilines is 1. The fourth-order valence-electron chi connectivity index (χ4n) is 3.93. The van der Waals surface area contributed by atoms with Crippen molar-refractivity contribution in [3.63, 3.8) is 0 Å². The van der Waals surface area contributed by atoms with Crippen molar-refractivity contribution >= 4 is 24.2 Å². The van der Waals surface area contributed by atoms with Gasteiger partial charge in [0.05, 0.1) is 28.8 Å². The highest BCUT2D eigenvalue weighted by Crippen LogP contribution is 2.37. The van der Waals surface area contributed by atoms with E-state index < -0.39 is 23.9 Å². The number of methoxy groups -OCH3 is 1. The van der Waals surface area contributed by atoms with E-state index in [1.165, 1.54) is 0 Å². The molecule has 0 radical (unpaired) electrons. The number of rotatable bonds is 6. The second kappa shape index (κ2) is 9.43. The molecule has 0 unspecified atom stereocenters. The van der Waals surface area contributed by atoms with Crippen LogP contribution in [0, 0.1) is 6.92 Å².